The van der Waals surface area contributed by atoms with Crippen molar-refractivity contribution in [1.82, 2.24) is 15.5 Å². The second-order valence-electron chi connectivity index (χ2n) is 4.29. The van der Waals surface area contributed by atoms with Gasteiger partial charge in [0.25, 0.3) is 0 Å². The van der Waals surface area contributed by atoms with E-state index in [1.54, 1.807) is 0 Å². The second-order valence-corrected chi connectivity index (χ2v) is 4.29. The highest BCUT2D eigenvalue weighted by Gasteiger charge is 2.10. The Hall–Kier alpha value is -1.85. The van der Waals surface area contributed by atoms with Crippen LogP contribution in [0.25, 0.3) is 0 Å². The van der Waals surface area contributed by atoms with Gasteiger partial charge in [0.15, 0.2) is 0 Å². The summed E-state index contributed by atoms with van der Waals surface area (Å²) >= 11 is 0. The summed E-state index contributed by atoms with van der Waals surface area (Å²) in [5, 5.41) is 18.1. The van der Waals surface area contributed by atoms with E-state index in [9.17, 15) is 9.59 Å². The number of nitrogens with zero attached hydrogens (tertiary/aromatic N) is 1. The average molecular weight is 253 g/mol. The summed E-state index contributed by atoms with van der Waals surface area (Å²) in [7, 11) is 0. The summed E-state index contributed by atoms with van der Waals surface area (Å²) in [6, 6.07) is 0. The van der Waals surface area contributed by atoms with Crippen molar-refractivity contribution in [1.29, 1.82) is 0 Å². The normalized spacial score (nSPS) is 10.3. The Morgan fingerprint density at radius 2 is 2.06 bits per heavy atom. The number of amides is 1. The molecular weight excluding hydrogens is 234 g/mol. The van der Waals surface area contributed by atoms with Crippen LogP contribution in [0.2, 0.25) is 0 Å². The maximum atomic E-state index is 11.6. The number of unbranched alkanes of at least 4 members (excludes halogenated alkanes) is 1. The van der Waals surface area contributed by atoms with Gasteiger partial charge in [0.1, 0.15) is 0 Å². The fourth-order valence-corrected chi connectivity index (χ4v) is 1.69. The van der Waals surface area contributed by atoms with Crippen LogP contribution in [0.3, 0.4) is 0 Å². The molecule has 0 atom stereocenters. The van der Waals surface area contributed by atoms with Crippen LogP contribution in [0.1, 0.15) is 36.2 Å². The molecule has 0 saturated carbocycles. The molecule has 0 aromatic carbocycles. The zero-order valence-electron chi connectivity index (χ0n) is 10.7. The third-order valence-electron chi connectivity index (χ3n) is 2.76. The number of carboxylic acid groups (broad SMARTS) is 1. The lowest BCUT2D eigenvalue weighted by Crippen LogP contribution is -2.26. The van der Waals surface area contributed by atoms with E-state index in [1.165, 1.54) is 0 Å². The summed E-state index contributed by atoms with van der Waals surface area (Å²) in [4.78, 5) is 21.9. The standard InChI is InChI=1S/C12H19N3O3/c1-8-10(9(2)15-14-8)7-11(16)13-6-4-3-5-12(17)18/h3-7H2,1-2H3,(H,13,16)(H,14,15)(H,17,18). The summed E-state index contributed by atoms with van der Waals surface area (Å²) < 4.78 is 0. The predicted molar refractivity (Wildman–Crippen MR) is 66.3 cm³/mol. The van der Waals surface area contributed by atoms with E-state index in [1.807, 2.05) is 13.8 Å². The number of hydrogen-bond donors (Lipinski definition) is 3. The zero-order valence-corrected chi connectivity index (χ0v) is 10.7. The third kappa shape index (κ3) is 4.57. The first-order valence-electron chi connectivity index (χ1n) is 5.99. The van der Waals surface area contributed by atoms with E-state index in [-0.39, 0.29) is 12.3 Å². The Bertz CT molecular complexity index is 407. The molecule has 0 aliphatic heterocycles. The van der Waals surface area contributed by atoms with Crippen LogP contribution in [-0.4, -0.2) is 33.7 Å². The number of carbonyl (C=O) groups is 2. The second kappa shape index (κ2) is 6.78. The number of aromatic amines is 1. The Labute approximate surface area is 106 Å². The minimum absolute atomic E-state index is 0.0575. The Kier molecular flexibility index (Phi) is 5.35. The van der Waals surface area contributed by atoms with Gasteiger partial charge in [-0.05, 0) is 26.7 Å². The molecule has 3 N–H and O–H groups in total. The molecule has 0 radical (unpaired) electrons. The summed E-state index contributed by atoms with van der Waals surface area (Å²) in [6.45, 7) is 4.26. The van der Waals surface area contributed by atoms with Crippen LogP contribution < -0.4 is 5.32 Å². The van der Waals surface area contributed by atoms with E-state index in [0.29, 0.717) is 25.8 Å². The van der Waals surface area contributed by atoms with Gasteiger partial charge in [-0.1, -0.05) is 0 Å². The van der Waals surface area contributed by atoms with Crippen molar-refractivity contribution in [2.45, 2.75) is 39.5 Å². The number of nitrogens with one attached hydrogen (secondary N) is 2. The van der Waals surface area contributed by atoms with Crippen molar-refractivity contribution in [3.8, 4) is 0 Å². The topological polar surface area (TPSA) is 95.1 Å². The van der Waals surface area contributed by atoms with Crippen molar-refractivity contribution in [3.63, 3.8) is 0 Å². The van der Waals surface area contributed by atoms with Gasteiger partial charge in [-0.25, -0.2) is 0 Å². The lowest BCUT2D eigenvalue weighted by Gasteiger charge is -2.04. The molecule has 0 spiro atoms. The van der Waals surface area contributed by atoms with Gasteiger partial charge in [0, 0.05) is 24.2 Å². The minimum atomic E-state index is -0.800. The van der Waals surface area contributed by atoms with Crippen LogP contribution in [0.4, 0.5) is 0 Å². The van der Waals surface area contributed by atoms with Gasteiger partial charge in [-0.15, -0.1) is 0 Å². The number of H-pyrrole nitrogens is 1. The van der Waals surface area contributed by atoms with Gasteiger partial charge >= 0.3 is 5.97 Å². The summed E-state index contributed by atoms with van der Waals surface area (Å²) in [6.07, 6.45) is 1.73. The van der Waals surface area contributed by atoms with Gasteiger partial charge in [-0.3, -0.25) is 14.7 Å². The molecule has 0 fully saturated rings. The maximum absolute atomic E-state index is 11.6. The van der Waals surface area contributed by atoms with E-state index in [2.05, 4.69) is 15.5 Å². The predicted octanol–water partition coefficient (Wildman–Crippen LogP) is 0.940. The first-order chi connectivity index (χ1) is 8.50. The largest absolute Gasteiger partial charge is 0.481 e. The molecule has 0 saturated heterocycles. The number of aromatic nitrogens is 2. The SMILES string of the molecule is Cc1n[nH]c(C)c1CC(=O)NCCCCC(=O)O. The number of carbonyl (C=O) groups excluding carboxylic acids is 1. The molecule has 1 aromatic rings. The van der Waals surface area contributed by atoms with Crippen molar-refractivity contribution < 1.29 is 14.7 Å². The van der Waals surface area contributed by atoms with Crippen molar-refractivity contribution >= 4 is 11.9 Å². The maximum Gasteiger partial charge on any atom is 0.303 e. The third-order valence-corrected chi connectivity index (χ3v) is 2.76. The monoisotopic (exact) mass is 253 g/mol. The fraction of sp³-hybridized carbons (Fsp3) is 0.583. The van der Waals surface area contributed by atoms with Crippen LogP contribution >= 0.6 is 0 Å². The average Bonchev–Trinajstić information content (AvgIpc) is 2.60. The van der Waals surface area contributed by atoms with Crippen LogP contribution in [0.5, 0.6) is 0 Å². The van der Waals surface area contributed by atoms with E-state index < -0.39 is 5.97 Å². The van der Waals surface area contributed by atoms with Gasteiger partial charge < -0.3 is 10.4 Å². The highest BCUT2D eigenvalue weighted by molar-refractivity contribution is 5.79. The quantitative estimate of drug-likeness (QED) is 0.630. The van der Waals surface area contributed by atoms with E-state index in [4.69, 9.17) is 5.11 Å². The Morgan fingerprint density at radius 3 is 2.61 bits per heavy atom. The molecule has 1 amide bonds. The Balaban J connectivity index is 2.24. The molecule has 100 valence electrons. The molecular formula is C12H19N3O3. The minimum Gasteiger partial charge on any atom is -0.481 e. The van der Waals surface area contributed by atoms with Crippen molar-refractivity contribution in [3.05, 3.63) is 17.0 Å². The van der Waals surface area contributed by atoms with Crippen molar-refractivity contribution in [2.75, 3.05) is 6.54 Å². The van der Waals surface area contributed by atoms with Crippen LogP contribution in [0, 0.1) is 13.8 Å². The van der Waals surface area contributed by atoms with Gasteiger partial charge in [0.05, 0.1) is 12.1 Å². The molecule has 6 nitrogen and oxygen atoms in total. The molecule has 6 heteroatoms. The first-order valence-corrected chi connectivity index (χ1v) is 5.99. The first kappa shape index (κ1) is 14.2. The molecule has 0 aliphatic rings. The highest BCUT2D eigenvalue weighted by atomic mass is 16.4. The highest BCUT2D eigenvalue weighted by Crippen LogP contribution is 2.09. The van der Waals surface area contributed by atoms with Gasteiger partial charge in [0.2, 0.25) is 5.91 Å². The summed E-state index contributed by atoms with van der Waals surface area (Å²) in [5.74, 6) is -0.858. The van der Waals surface area contributed by atoms with Gasteiger partial charge in [-0.2, -0.15) is 5.10 Å². The van der Waals surface area contributed by atoms with E-state index in [0.717, 1.165) is 17.0 Å². The Morgan fingerprint density at radius 1 is 1.33 bits per heavy atom. The molecule has 0 bridgehead atoms. The number of aryl methyl sites for hydroxylation is 2. The lowest BCUT2D eigenvalue weighted by atomic mass is 10.1. The molecule has 0 unspecified atom stereocenters. The molecule has 1 aromatic heterocycles. The number of aliphatic carboxylic acids is 1. The van der Waals surface area contributed by atoms with E-state index >= 15 is 0 Å². The number of hydrogen-bond acceptors (Lipinski definition) is 3. The molecule has 18 heavy (non-hydrogen) atoms. The molecule has 0 aliphatic carbocycles. The summed E-state index contributed by atoms with van der Waals surface area (Å²) in [5.41, 5.74) is 2.68. The molecule has 1 heterocycles. The van der Waals surface area contributed by atoms with Crippen LogP contribution in [-0.2, 0) is 16.0 Å². The lowest BCUT2D eigenvalue weighted by molar-refractivity contribution is -0.137. The smallest absolute Gasteiger partial charge is 0.303 e. The fourth-order valence-electron chi connectivity index (χ4n) is 1.69. The molecule has 1 rings (SSSR count). The number of rotatable bonds is 7. The van der Waals surface area contributed by atoms with Crippen LogP contribution in [0.15, 0.2) is 0 Å². The zero-order chi connectivity index (χ0) is 13.5. The number of carboxylic acids is 1. The van der Waals surface area contributed by atoms with Crippen molar-refractivity contribution in [2.24, 2.45) is 0 Å².